The fourth-order valence-corrected chi connectivity index (χ4v) is 26.3. The van der Waals surface area contributed by atoms with Gasteiger partial charge >= 0.3 is 0 Å². The first-order chi connectivity index (χ1) is 73.5. The molecule has 4 N–H and O–H groups in total. The molecule has 2 aliphatic heterocycles. The number of para-hydroxylation sites is 8. The van der Waals surface area contributed by atoms with Crippen LogP contribution < -0.4 is 26.0 Å². The second-order valence-electron chi connectivity index (χ2n) is 38.4. The zero-order valence-corrected chi connectivity index (χ0v) is 84.0. The van der Waals surface area contributed by atoms with Crippen LogP contribution in [0.25, 0.3) is 200 Å². The van der Waals surface area contributed by atoms with Crippen LogP contribution in [0.5, 0.6) is 11.5 Å². The van der Waals surface area contributed by atoms with Crippen LogP contribution in [0.2, 0.25) is 0 Å². The van der Waals surface area contributed by atoms with Gasteiger partial charge in [0.05, 0.1) is 32.1 Å². The summed E-state index contributed by atoms with van der Waals surface area (Å²) in [5.74, 6) is 1.74. The molecule has 0 aliphatic carbocycles. The Labute approximate surface area is 873 Å². The van der Waals surface area contributed by atoms with Crippen molar-refractivity contribution in [3.05, 3.63) is 491 Å². The molecule has 2 aliphatic rings. The van der Waals surface area contributed by atoms with E-state index in [1.165, 1.54) is 94.1 Å². The number of hydrogen-bond donors (Lipinski definition) is 4. The van der Waals surface area contributed by atoms with Gasteiger partial charge in [0, 0.05) is 162 Å². The first kappa shape index (κ1) is 88.7. The summed E-state index contributed by atoms with van der Waals surface area (Å²) >= 11 is 7.29. The Balaban J connectivity index is 0.0000000964. The van der Waals surface area contributed by atoms with Gasteiger partial charge in [-0.25, -0.2) is 0 Å². The van der Waals surface area contributed by atoms with Crippen molar-refractivity contribution in [2.45, 2.75) is 38.8 Å². The van der Waals surface area contributed by atoms with Crippen LogP contribution in [-0.4, -0.2) is 4.57 Å². The van der Waals surface area contributed by atoms with Crippen LogP contribution in [0.4, 0.5) is 45.5 Å². The zero-order chi connectivity index (χ0) is 98.7. The summed E-state index contributed by atoms with van der Waals surface area (Å²) in [5, 5.41) is 33.8. The molecule has 0 saturated heterocycles. The first-order valence-corrected chi connectivity index (χ1v) is 53.2. The maximum absolute atomic E-state index is 6.53. The molecule has 0 radical (unpaired) electrons. The Hall–Kier alpha value is -18.0. The van der Waals surface area contributed by atoms with Crippen molar-refractivity contribution < 1.29 is 22.4 Å². The summed E-state index contributed by atoms with van der Waals surface area (Å²) in [7, 11) is 0. The lowest BCUT2D eigenvalue weighted by Gasteiger charge is -2.34. The van der Waals surface area contributed by atoms with E-state index in [0.29, 0.717) is 0 Å². The number of fused-ring (bicyclic) bond motifs is 23. The molecule has 149 heavy (non-hydrogen) atoms. The molecule has 0 fully saturated rings. The van der Waals surface area contributed by atoms with Gasteiger partial charge in [0.1, 0.15) is 56.2 Å². The molecule has 29 aromatic rings. The zero-order valence-electron chi connectivity index (χ0n) is 80.7. The van der Waals surface area contributed by atoms with Gasteiger partial charge in [-0.2, -0.15) is 0 Å². The lowest BCUT2D eigenvalue weighted by molar-refractivity contribution is 0.455. The van der Waals surface area contributed by atoms with E-state index in [1.807, 2.05) is 131 Å². The molecular formula is C135H89N5O5S4. The van der Waals surface area contributed by atoms with Gasteiger partial charge in [-0.3, -0.25) is 0 Å². The van der Waals surface area contributed by atoms with Crippen LogP contribution >= 0.6 is 46.2 Å². The van der Waals surface area contributed by atoms with Crippen molar-refractivity contribution in [2.24, 2.45) is 0 Å². The predicted molar refractivity (Wildman–Crippen MR) is 629 cm³/mol. The quantitative estimate of drug-likeness (QED) is 0.0885. The lowest BCUT2D eigenvalue weighted by atomic mass is 9.77. The third-order valence-corrected chi connectivity index (χ3v) is 33.4. The average Bonchev–Trinajstić information content (AvgIpc) is 1.69. The van der Waals surface area contributed by atoms with E-state index < -0.39 is 0 Å². The number of rotatable bonds is 13. The minimum atomic E-state index is -0.0736. The van der Waals surface area contributed by atoms with Gasteiger partial charge in [-0.15, -0.1) is 22.7 Å². The smallest absolute Gasteiger partial charge is 0.143 e. The first-order valence-electron chi connectivity index (χ1n) is 50.0. The van der Waals surface area contributed by atoms with E-state index in [2.05, 4.69) is 422 Å². The van der Waals surface area contributed by atoms with E-state index in [0.717, 1.165) is 194 Å². The Bertz CT molecular complexity index is 10300. The number of ether oxygens (including phenoxy) is 1. The number of benzene rings is 22. The van der Waals surface area contributed by atoms with Crippen LogP contribution in [0.3, 0.4) is 0 Å². The van der Waals surface area contributed by atoms with Gasteiger partial charge < -0.3 is 48.2 Å². The monoisotopic (exact) mass is 1990 g/mol. The Kier molecular flexibility index (Phi) is 22.0. The van der Waals surface area contributed by atoms with Crippen molar-refractivity contribution in [1.29, 1.82) is 0 Å². The molecule has 14 heteroatoms. The molecular weight excluding hydrogens is 1900 g/mol. The molecule has 0 spiro atoms. The molecule has 9 heterocycles. The van der Waals surface area contributed by atoms with Gasteiger partial charge in [-0.05, 0) is 255 Å². The predicted octanol–water partition coefficient (Wildman–Crippen LogP) is 40.9. The lowest BCUT2D eigenvalue weighted by Crippen LogP contribution is -2.23. The second-order valence-corrected chi connectivity index (χ2v) is 42.7. The van der Waals surface area contributed by atoms with Gasteiger partial charge in [0.15, 0.2) is 0 Å². The molecule has 22 aromatic carbocycles. The number of furan rings is 4. The van der Waals surface area contributed by atoms with E-state index >= 15 is 0 Å². The summed E-state index contributed by atoms with van der Waals surface area (Å²) in [6.45, 7) is 4.66. The molecule has 0 amide bonds. The minimum absolute atomic E-state index is 0.0736. The third-order valence-electron chi connectivity index (χ3n) is 28.8. The Morgan fingerprint density at radius 3 is 1.56 bits per heavy atom. The highest BCUT2D eigenvalue weighted by atomic mass is 32.2. The number of aromatic nitrogens is 1. The van der Waals surface area contributed by atoms with Crippen LogP contribution in [0.15, 0.2) is 517 Å². The largest absolute Gasteiger partial charge is 0.456 e. The standard InChI is InChI=1S/C38H24N2O2S.C37H27NOS.C34H21NOS.C26H17NOS/c1-2-9-27(10-3-1)40-20-19-24-17-18-25(23-32(24)40)39-26-21-30-28-11-4-5-13-33(28)42-37(30)31(22-26)29-12-8-15-35-38(29)43-36-16-7-6-14-34(36)41-35;1-37(2)31-12-6-8-14-34(31)40-35-18-17-26(22-32(35)37)38-27-20-29(25-16-15-23-9-3-4-10-24(23)19-25)36-30(21-27)28-11-5-7-13-33(28)39-36;1-2-10-23(11-3-1)35-29-18-22(19-31-34(29)26-13-4-6-15-30(26)36-31)24-14-8-9-21-17-28-25-12-5-7-16-32(25)37-33(28)20-27(21)24;1-2-9-18(10-3-1)27-22-16-24-20(19-11-5-6-12-23(19)28-24)15-21(22)26-14-17-8-4-7-13-25(17)29-26/h1-23,39H;3-22,38H,1-2H3;1-20,35H;1-16,27H. The number of thiophene rings is 2. The van der Waals surface area contributed by atoms with Gasteiger partial charge in [0.2, 0.25) is 0 Å². The molecule has 708 valence electrons. The number of nitrogens with zero attached hydrogens (tertiary/aromatic N) is 1. The maximum atomic E-state index is 6.53. The molecule has 10 nitrogen and oxygen atoms in total. The molecule has 0 atom stereocenters. The summed E-state index contributed by atoms with van der Waals surface area (Å²) in [5.41, 5.74) is 28.3. The van der Waals surface area contributed by atoms with Crippen LogP contribution in [0.1, 0.15) is 25.0 Å². The molecule has 7 aromatic heterocycles. The van der Waals surface area contributed by atoms with Gasteiger partial charge in [0.25, 0.3) is 0 Å². The molecule has 0 saturated carbocycles. The summed E-state index contributed by atoms with van der Waals surface area (Å²) in [6, 6.07) is 166. The topological polar surface area (TPSA) is 115 Å². The summed E-state index contributed by atoms with van der Waals surface area (Å²) in [6.07, 6.45) is 2.13. The maximum Gasteiger partial charge on any atom is 0.143 e. The fraction of sp³-hybridized carbons (Fsp3) is 0.0222. The van der Waals surface area contributed by atoms with Crippen molar-refractivity contribution in [3.8, 4) is 61.0 Å². The Morgan fingerprint density at radius 1 is 0.248 bits per heavy atom. The highest BCUT2D eigenvalue weighted by Gasteiger charge is 2.34. The summed E-state index contributed by atoms with van der Waals surface area (Å²) in [4.78, 5) is 6.10. The number of anilines is 8. The van der Waals surface area contributed by atoms with E-state index in [4.69, 9.17) is 22.4 Å². The van der Waals surface area contributed by atoms with E-state index in [1.54, 1.807) is 11.8 Å². The summed E-state index contributed by atoms with van der Waals surface area (Å²) < 4.78 is 38.0. The highest BCUT2D eigenvalue weighted by molar-refractivity contribution is 8.00. The fourth-order valence-electron chi connectivity index (χ4n) is 21.6. The minimum Gasteiger partial charge on any atom is -0.456 e. The van der Waals surface area contributed by atoms with Crippen LogP contribution in [0, 0.1) is 0 Å². The molecule has 0 unspecified atom stereocenters. The highest BCUT2D eigenvalue weighted by Crippen LogP contribution is 2.56. The normalized spacial score (nSPS) is 12.4. The van der Waals surface area contributed by atoms with Gasteiger partial charge in [-0.1, -0.05) is 304 Å². The van der Waals surface area contributed by atoms with Crippen LogP contribution in [-0.2, 0) is 5.41 Å². The van der Waals surface area contributed by atoms with Crippen molar-refractivity contribution >= 4 is 242 Å². The third kappa shape index (κ3) is 16.3. The SMILES string of the molecule is CC1(C)c2ccccc2Sc2ccc(Nc3cc(-c4ccc5ccccc5c4)c4oc5ccccc5c4c3)cc21.c1ccc(-n2ccc3ccc(Nc4cc(-c5cccc6c5Sc5ccccc5O6)c5oc6ccccc6c5c4)cc32)cc1.c1ccc(Nc2cc(-c3cccc4cc5c(cc34)sc3ccccc35)cc3oc4ccccc4c23)cc1.c1ccc(Nc2cc3oc4ccccc4c3cc2-c2cc3ccccc3s2)cc1. The van der Waals surface area contributed by atoms with Crippen molar-refractivity contribution in [1.82, 2.24) is 4.57 Å². The van der Waals surface area contributed by atoms with E-state index in [-0.39, 0.29) is 5.41 Å². The van der Waals surface area contributed by atoms with Crippen molar-refractivity contribution in [3.63, 3.8) is 0 Å². The number of hydrogen-bond acceptors (Lipinski definition) is 13. The van der Waals surface area contributed by atoms with E-state index in [9.17, 15) is 0 Å². The number of nitrogens with one attached hydrogen (secondary N) is 4. The average molecular weight is 1990 g/mol. The Morgan fingerprint density at radius 2 is 0.812 bits per heavy atom. The van der Waals surface area contributed by atoms with Crippen molar-refractivity contribution in [2.75, 3.05) is 21.3 Å². The molecule has 0 bridgehead atoms. The molecule has 31 rings (SSSR count). The second kappa shape index (κ2) is 36.9.